The Balaban J connectivity index is 1.46. The van der Waals surface area contributed by atoms with Crippen LogP contribution in [0.3, 0.4) is 0 Å². The molecule has 0 heterocycles. The van der Waals surface area contributed by atoms with E-state index in [1.807, 2.05) is 13.0 Å². The van der Waals surface area contributed by atoms with Crippen LogP contribution in [0.1, 0.15) is 46.0 Å². The quantitative estimate of drug-likeness (QED) is 0.605. The van der Waals surface area contributed by atoms with E-state index in [0.717, 1.165) is 18.4 Å². The van der Waals surface area contributed by atoms with Crippen molar-refractivity contribution >= 4 is 21.7 Å². The van der Waals surface area contributed by atoms with E-state index < -0.39 is 38.5 Å². The molecule has 0 radical (unpaired) electrons. The Hall–Kier alpha value is -2.29. The van der Waals surface area contributed by atoms with Crippen LogP contribution in [-0.2, 0) is 19.6 Å². The van der Waals surface area contributed by atoms with Crippen molar-refractivity contribution in [2.75, 3.05) is 0 Å². The zero-order chi connectivity index (χ0) is 24.5. The van der Waals surface area contributed by atoms with Gasteiger partial charge >= 0.3 is 0 Å². The van der Waals surface area contributed by atoms with Gasteiger partial charge in [0.1, 0.15) is 5.60 Å². The molecule has 8 heteroatoms. The first-order valence-electron chi connectivity index (χ1n) is 11.9. The van der Waals surface area contributed by atoms with Crippen molar-refractivity contribution in [3.05, 3.63) is 54.1 Å². The SMILES string of the molecule is CC12C=CC(=O)C=C1CCC1C2C(O)CC2(C)C1CC[C@]2(O)C(=O)NS(=O)(=O)c1ccccc1. The normalized spacial score (nSPS) is 41.2. The highest BCUT2D eigenvalue weighted by molar-refractivity contribution is 7.90. The van der Waals surface area contributed by atoms with Gasteiger partial charge in [-0.2, -0.15) is 0 Å². The van der Waals surface area contributed by atoms with Gasteiger partial charge in [0.2, 0.25) is 0 Å². The fourth-order valence-corrected chi connectivity index (χ4v) is 8.61. The third-order valence-corrected chi connectivity index (χ3v) is 10.7. The minimum absolute atomic E-state index is 0.0346. The third-order valence-electron chi connectivity index (χ3n) is 9.30. The minimum Gasteiger partial charge on any atom is -0.393 e. The Morgan fingerprint density at radius 3 is 2.56 bits per heavy atom. The Bertz CT molecular complexity index is 1210. The number of aliphatic hydroxyl groups is 2. The highest BCUT2D eigenvalue weighted by Crippen LogP contribution is 2.67. The van der Waals surface area contributed by atoms with Crippen molar-refractivity contribution in [1.82, 2.24) is 4.72 Å². The van der Waals surface area contributed by atoms with E-state index in [2.05, 4.69) is 11.6 Å². The summed E-state index contributed by atoms with van der Waals surface area (Å²) in [7, 11) is -4.14. The predicted octanol–water partition coefficient (Wildman–Crippen LogP) is 2.50. The first-order valence-corrected chi connectivity index (χ1v) is 13.4. The number of amides is 1. The summed E-state index contributed by atoms with van der Waals surface area (Å²) >= 11 is 0. The molecular formula is C26H31NO6S. The molecule has 1 amide bonds. The second-order valence-corrected chi connectivity index (χ2v) is 12.5. The van der Waals surface area contributed by atoms with E-state index in [1.165, 1.54) is 12.1 Å². The lowest BCUT2D eigenvalue weighted by Gasteiger charge is -2.59. The van der Waals surface area contributed by atoms with Crippen LogP contribution in [0.4, 0.5) is 0 Å². The largest absolute Gasteiger partial charge is 0.393 e. The predicted molar refractivity (Wildman–Crippen MR) is 125 cm³/mol. The molecule has 3 fully saturated rings. The number of sulfonamides is 1. The van der Waals surface area contributed by atoms with Gasteiger partial charge in [0.05, 0.1) is 11.0 Å². The standard InChI is InChI=1S/C26H31NO6S/c1-24-12-10-17(28)14-16(24)8-9-19-20-11-13-26(31,25(20,2)15-21(29)22(19)24)23(30)27-34(32,33)18-6-4-3-5-7-18/h3-7,10,12,14,19-22,29,31H,8-9,11,13,15H2,1-2H3,(H,27,30)/t19?,20?,21?,22?,24?,25?,26-/m0/s1. The molecule has 0 bridgehead atoms. The van der Waals surface area contributed by atoms with Crippen molar-refractivity contribution in [2.24, 2.45) is 28.6 Å². The number of fused-ring (bicyclic) bond motifs is 5. The van der Waals surface area contributed by atoms with E-state index in [0.29, 0.717) is 6.42 Å². The number of hydrogen-bond donors (Lipinski definition) is 3. The number of benzene rings is 1. The summed E-state index contributed by atoms with van der Waals surface area (Å²) in [6.45, 7) is 3.87. The van der Waals surface area contributed by atoms with Crippen LogP contribution < -0.4 is 4.72 Å². The summed E-state index contributed by atoms with van der Waals surface area (Å²) in [5.41, 5.74) is -2.31. The molecule has 0 aromatic heterocycles. The fourth-order valence-electron chi connectivity index (χ4n) is 7.57. The number of ketones is 1. The van der Waals surface area contributed by atoms with E-state index in [4.69, 9.17) is 0 Å². The van der Waals surface area contributed by atoms with Gasteiger partial charge in [-0.05, 0) is 68.2 Å². The van der Waals surface area contributed by atoms with Crippen LogP contribution in [0.25, 0.3) is 0 Å². The van der Waals surface area contributed by atoms with Gasteiger partial charge in [0.25, 0.3) is 15.9 Å². The molecular weight excluding hydrogens is 454 g/mol. The molecule has 0 spiro atoms. The van der Waals surface area contributed by atoms with Crippen molar-refractivity contribution in [3.63, 3.8) is 0 Å². The molecule has 3 N–H and O–H groups in total. The maximum absolute atomic E-state index is 13.3. The van der Waals surface area contributed by atoms with Gasteiger partial charge < -0.3 is 10.2 Å². The van der Waals surface area contributed by atoms with Gasteiger partial charge in [-0.25, -0.2) is 13.1 Å². The highest BCUT2D eigenvalue weighted by Gasteiger charge is 2.68. The van der Waals surface area contributed by atoms with Crippen LogP contribution in [0.2, 0.25) is 0 Å². The second-order valence-electron chi connectivity index (χ2n) is 10.9. The maximum Gasteiger partial charge on any atom is 0.266 e. The van der Waals surface area contributed by atoms with E-state index in [1.54, 1.807) is 30.4 Å². The monoisotopic (exact) mass is 485 g/mol. The van der Waals surface area contributed by atoms with E-state index in [9.17, 15) is 28.2 Å². The Morgan fingerprint density at radius 2 is 1.85 bits per heavy atom. The van der Waals surface area contributed by atoms with Crippen LogP contribution >= 0.6 is 0 Å². The summed E-state index contributed by atoms with van der Waals surface area (Å²) < 4.78 is 27.7. The molecule has 4 aliphatic carbocycles. The molecule has 7 nitrogen and oxygen atoms in total. The second kappa shape index (κ2) is 7.60. The highest BCUT2D eigenvalue weighted by atomic mass is 32.2. The summed E-state index contributed by atoms with van der Waals surface area (Å²) in [6.07, 6.45) is 6.71. The van der Waals surface area contributed by atoms with Gasteiger partial charge in [-0.3, -0.25) is 9.59 Å². The van der Waals surface area contributed by atoms with Crippen molar-refractivity contribution in [1.29, 1.82) is 0 Å². The Labute approximate surface area is 200 Å². The van der Waals surface area contributed by atoms with Crippen LogP contribution in [0.5, 0.6) is 0 Å². The fraction of sp³-hybridized carbons (Fsp3) is 0.538. The molecule has 34 heavy (non-hydrogen) atoms. The summed E-state index contributed by atoms with van der Waals surface area (Å²) in [5, 5.41) is 23.1. The van der Waals surface area contributed by atoms with Gasteiger partial charge in [-0.1, -0.05) is 43.7 Å². The first-order chi connectivity index (χ1) is 15.9. The molecule has 3 saturated carbocycles. The number of allylic oxidation sites excluding steroid dienone is 4. The smallest absolute Gasteiger partial charge is 0.266 e. The first kappa shape index (κ1) is 23.5. The van der Waals surface area contributed by atoms with Gasteiger partial charge in [0.15, 0.2) is 5.78 Å². The molecule has 1 aromatic rings. The van der Waals surface area contributed by atoms with Crippen molar-refractivity contribution < 1.29 is 28.2 Å². The number of nitrogens with one attached hydrogen (secondary N) is 1. The number of aliphatic hydroxyl groups excluding tert-OH is 1. The summed E-state index contributed by atoms with van der Waals surface area (Å²) in [4.78, 5) is 25.2. The van der Waals surface area contributed by atoms with Gasteiger partial charge in [0, 0.05) is 16.7 Å². The number of carbonyl (C=O) groups excluding carboxylic acids is 2. The molecule has 5 rings (SSSR count). The van der Waals surface area contributed by atoms with Crippen LogP contribution in [-0.4, -0.2) is 42.0 Å². The topological polar surface area (TPSA) is 121 Å². The van der Waals surface area contributed by atoms with Crippen LogP contribution in [0.15, 0.2) is 59.0 Å². The molecule has 0 saturated heterocycles. The van der Waals surface area contributed by atoms with E-state index in [-0.39, 0.29) is 41.3 Å². The lowest BCUT2D eigenvalue weighted by molar-refractivity contribution is -0.177. The maximum atomic E-state index is 13.3. The van der Waals surface area contributed by atoms with Crippen LogP contribution in [0, 0.1) is 28.6 Å². The Morgan fingerprint density at radius 1 is 1.15 bits per heavy atom. The Kier molecular flexibility index (Phi) is 5.24. The number of carbonyl (C=O) groups is 2. The zero-order valence-corrected chi connectivity index (χ0v) is 20.2. The average Bonchev–Trinajstić information content (AvgIpc) is 3.06. The lowest BCUT2D eigenvalue weighted by atomic mass is 9.46. The molecule has 0 aliphatic heterocycles. The molecule has 182 valence electrons. The summed E-state index contributed by atoms with van der Waals surface area (Å²) in [5.74, 6) is -1.11. The van der Waals surface area contributed by atoms with Gasteiger partial charge in [-0.15, -0.1) is 0 Å². The number of rotatable bonds is 3. The minimum atomic E-state index is -4.14. The summed E-state index contributed by atoms with van der Waals surface area (Å²) in [6, 6.07) is 7.60. The molecule has 7 atom stereocenters. The third kappa shape index (κ3) is 3.18. The van der Waals surface area contributed by atoms with Crippen molar-refractivity contribution in [2.45, 2.75) is 62.6 Å². The molecule has 4 aliphatic rings. The van der Waals surface area contributed by atoms with Crippen molar-refractivity contribution in [3.8, 4) is 0 Å². The average molecular weight is 486 g/mol. The van der Waals surface area contributed by atoms with E-state index >= 15 is 0 Å². The lowest BCUT2D eigenvalue weighted by Crippen LogP contribution is -2.63. The molecule has 6 unspecified atom stereocenters. The number of hydrogen-bond acceptors (Lipinski definition) is 6. The zero-order valence-electron chi connectivity index (χ0n) is 19.4. The molecule has 1 aromatic carbocycles.